The molecule has 2 atom stereocenters. The molecule has 2 fully saturated rings. The van der Waals surface area contributed by atoms with Crippen LogP contribution in [0, 0.1) is 5.82 Å². The number of rotatable bonds is 5. The van der Waals surface area contributed by atoms with Crippen LogP contribution in [0.25, 0.3) is 11.3 Å². The molecule has 3 aromatic rings. The summed E-state index contributed by atoms with van der Waals surface area (Å²) in [7, 11) is 2.14. The number of aromatic nitrogens is 2. The van der Waals surface area contributed by atoms with Crippen molar-refractivity contribution < 1.29 is 13.9 Å². The van der Waals surface area contributed by atoms with Crippen molar-refractivity contribution in [3.05, 3.63) is 59.6 Å². The van der Waals surface area contributed by atoms with E-state index in [2.05, 4.69) is 37.0 Å². The van der Waals surface area contributed by atoms with Crippen LogP contribution in [0.5, 0.6) is 5.75 Å². The van der Waals surface area contributed by atoms with E-state index in [0.29, 0.717) is 59.6 Å². The first-order valence-corrected chi connectivity index (χ1v) is 12.4. The number of hydrogen-bond acceptors (Lipinski definition) is 7. The summed E-state index contributed by atoms with van der Waals surface area (Å²) in [5.74, 6) is 0.619. The van der Waals surface area contributed by atoms with Crippen LogP contribution in [0.2, 0.25) is 5.02 Å². The lowest BCUT2D eigenvalue weighted by Crippen LogP contribution is -2.47. The third-order valence-electron chi connectivity index (χ3n) is 7.21. The van der Waals surface area contributed by atoms with E-state index in [1.54, 1.807) is 24.5 Å². The summed E-state index contributed by atoms with van der Waals surface area (Å²) in [6.07, 6.45) is 4.40. The van der Waals surface area contributed by atoms with Crippen LogP contribution in [0.4, 0.5) is 21.6 Å². The Morgan fingerprint density at radius 1 is 1.19 bits per heavy atom. The minimum atomic E-state index is -0.401. The third kappa shape index (κ3) is 4.38. The molecule has 186 valence electrons. The summed E-state index contributed by atoms with van der Waals surface area (Å²) in [6.45, 7) is 3.35. The van der Waals surface area contributed by atoms with Gasteiger partial charge in [0, 0.05) is 53.7 Å². The van der Waals surface area contributed by atoms with Gasteiger partial charge in [-0.2, -0.15) is 0 Å². The number of likely N-dealkylation sites (N-methyl/N-ethyl adjacent to an activating group) is 1. The molecule has 1 aromatic carbocycles. The van der Waals surface area contributed by atoms with E-state index in [4.69, 9.17) is 16.3 Å². The third-order valence-corrected chi connectivity index (χ3v) is 7.45. The molecule has 2 unspecified atom stereocenters. The maximum absolute atomic E-state index is 14.5. The molecule has 0 saturated carbocycles. The zero-order valence-electron chi connectivity index (χ0n) is 19.8. The van der Waals surface area contributed by atoms with Crippen LogP contribution in [-0.2, 0) is 4.79 Å². The van der Waals surface area contributed by atoms with Crippen LogP contribution in [0.3, 0.4) is 0 Å². The normalized spacial score (nSPS) is 21.4. The molecule has 0 radical (unpaired) electrons. The number of fused-ring (bicyclic) bond motifs is 3. The molecule has 6 rings (SSSR count). The summed E-state index contributed by atoms with van der Waals surface area (Å²) in [5.41, 5.74) is 2.37. The van der Waals surface area contributed by atoms with Crippen molar-refractivity contribution in [1.82, 2.24) is 19.8 Å². The summed E-state index contributed by atoms with van der Waals surface area (Å²) >= 11 is 6.10. The number of ether oxygens (including phenoxy) is 1. The minimum absolute atomic E-state index is 0.0693. The molecule has 1 N–H and O–H groups in total. The van der Waals surface area contributed by atoms with E-state index >= 15 is 0 Å². The molecule has 2 aromatic heterocycles. The Hall–Kier alpha value is -3.27. The maximum Gasteiger partial charge on any atom is 0.239 e. The van der Waals surface area contributed by atoms with E-state index in [0.717, 1.165) is 30.9 Å². The number of carbonyl (C=O) groups excluding carboxylic acids is 1. The highest BCUT2D eigenvalue weighted by atomic mass is 35.5. The van der Waals surface area contributed by atoms with Gasteiger partial charge in [-0.1, -0.05) is 11.6 Å². The monoisotopic (exact) mass is 508 g/mol. The van der Waals surface area contributed by atoms with Crippen LogP contribution in [0.1, 0.15) is 6.42 Å². The highest BCUT2D eigenvalue weighted by Crippen LogP contribution is 2.39. The number of amides is 1. The predicted molar refractivity (Wildman–Crippen MR) is 136 cm³/mol. The van der Waals surface area contributed by atoms with Crippen molar-refractivity contribution in [2.45, 2.75) is 18.5 Å². The Bertz CT molecular complexity index is 1320. The molecule has 8 nitrogen and oxygen atoms in total. The van der Waals surface area contributed by atoms with Gasteiger partial charge in [-0.05, 0) is 43.8 Å². The van der Waals surface area contributed by atoms with Gasteiger partial charge in [0.05, 0.1) is 30.7 Å². The first-order chi connectivity index (χ1) is 17.4. The molecular formula is C26H26ClFN6O2. The van der Waals surface area contributed by atoms with Gasteiger partial charge in [0.2, 0.25) is 5.91 Å². The lowest BCUT2D eigenvalue weighted by atomic mass is 10.1. The largest absolute Gasteiger partial charge is 0.488 e. The second kappa shape index (κ2) is 9.31. The first kappa shape index (κ1) is 23.1. The molecular weight excluding hydrogens is 483 g/mol. The Kier molecular flexibility index (Phi) is 5.99. The smallest absolute Gasteiger partial charge is 0.239 e. The summed E-state index contributed by atoms with van der Waals surface area (Å²) in [6, 6.07) is 10.9. The average Bonchev–Trinajstić information content (AvgIpc) is 3.44. The van der Waals surface area contributed by atoms with Gasteiger partial charge in [-0.15, -0.1) is 0 Å². The van der Waals surface area contributed by atoms with Crippen molar-refractivity contribution >= 4 is 34.7 Å². The SMILES string of the molecule is CN1CC2CC1CN2CC(=O)Nc1cc(N2CCOc3cnc(-c4cc(Cl)ccc4F)cc32)ccn1. The summed E-state index contributed by atoms with van der Waals surface area (Å²) < 4.78 is 20.3. The maximum atomic E-state index is 14.5. The van der Waals surface area contributed by atoms with E-state index in [1.165, 1.54) is 12.1 Å². The van der Waals surface area contributed by atoms with Crippen molar-refractivity contribution in [3.8, 4) is 17.0 Å². The average molecular weight is 509 g/mol. The molecule has 3 aliphatic heterocycles. The molecule has 5 heterocycles. The number of pyridine rings is 2. The Labute approximate surface area is 213 Å². The second-order valence-electron chi connectivity index (χ2n) is 9.52. The van der Waals surface area contributed by atoms with Crippen LogP contribution in [0.15, 0.2) is 48.8 Å². The van der Waals surface area contributed by atoms with E-state index in [1.807, 2.05) is 12.1 Å². The number of carbonyl (C=O) groups is 1. The highest BCUT2D eigenvalue weighted by molar-refractivity contribution is 6.30. The minimum Gasteiger partial charge on any atom is -0.488 e. The van der Waals surface area contributed by atoms with Gasteiger partial charge >= 0.3 is 0 Å². The molecule has 0 aliphatic carbocycles. The first-order valence-electron chi connectivity index (χ1n) is 12.0. The highest BCUT2D eigenvalue weighted by Gasteiger charge is 2.41. The predicted octanol–water partition coefficient (Wildman–Crippen LogP) is 3.79. The van der Waals surface area contributed by atoms with E-state index < -0.39 is 5.82 Å². The standard InChI is InChI=1S/C26H26ClFN6O2/c1-32-13-19-9-18(32)14-33(19)15-26(35)31-25-10-17(4-5-29-25)34-6-7-36-24-12-30-22(11-23(24)34)20-8-16(27)2-3-21(20)28/h2-5,8,10-12,18-19H,6-7,9,13-15H2,1H3,(H,29,31,35). The number of anilines is 3. The summed E-state index contributed by atoms with van der Waals surface area (Å²) in [5, 5.41) is 3.39. The van der Waals surface area contributed by atoms with E-state index in [9.17, 15) is 9.18 Å². The van der Waals surface area contributed by atoms with Gasteiger partial charge in [-0.25, -0.2) is 9.37 Å². The van der Waals surface area contributed by atoms with Crippen molar-refractivity contribution in [2.75, 3.05) is 50.1 Å². The van der Waals surface area contributed by atoms with Crippen molar-refractivity contribution in [3.63, 3.8) is 0 Å². The van der Waals surface area contributed by atoms with Crippen LogP contribution >= 0.6 is 11.6 Å². The lowest BCUT2D eigenvalue weighted by Gasteiger charge is -2.32. The van der Waals surface area contributed by atoms with Gasteiger partial charge in [0.15, 0.2) is 5.75 Å². The zero-order valence-corrected chi connectivity index (χ0v) is 20.6. The van der Waals surface area contributed by atoms with Gasteiger partial charge in [0.1, 0.15) is 18.2 Å². The fourth-order valence-corrected chi connectivity index (χ4v) is 5.57. The number of likely N-dealkylation sites (tertiary alicyclic amines) is 2. The fourth-order valence-electron chi connectivity index (χ4n) is 5.40. The number of piperazine rings is 1. The Morgan fingerprint density at radius 2 is 2.08 bits per heavy atom. The Balaban J connectivity index is 1.22. The van der Waals surface area contributed by atoms with Crippen molar-refractivity contribution in [1.29, 1.82) is 0 Å². The fraction of sp³-hybridized carbons (Fsp3) is 0.346. The van der Waals surface area contributed by atoms with Crippen molar-refractivity contribution in [2.24, 2.45) is 0 Å². The molecule has 2 bridgehead atoms. The molecule has 36 heavy (non-hydrogen) atoms. The lowest BCUT2D eigenvalue weighted by molar-refractivity contribution is -0.117. The van der Waals surface area contributed by atoms with Crippen LogP contribution < -0.4 is 15.0 Å². The Morgan fingerprint density at radius 3 is 2.89 bits per heavy atom. The van der Waals surface area contributed by atoms with Gasteiger partial charge in [0.25, 0.3) is 0 Å². The molecule has 10 heteroatoms. The number of benzene rings is 1. The number of nitrogens with one attached hydrogen (secondary N) is 1. The second-order valence-corrected chi connectivity index (χ2v) is 9.96. The quantitative estimate of drug-likeness (QED) is 0.562. The number of halogens is 2. The van der Waals surface area contributed by atoms with E-state index in [-0.39, 0.29) is 5.91 Å². The molecule has 0 spiro atoms. The number of nitrogens with zero attached hydrogens (tertiary/aromatic N) is 5. The van der Waals surface area contributed by atoms with Gasteiger partial charge in [-0.3, -0.25) is 14.7 Å². The summed E-state index contributed by atoms with van der Waals surface area (Å²) in [4.78, 5) is 28.2. The topological polar surface area (TPSA) is 73.8 Å². The van der Waals surface area contributed by atoms with Gasteiger partial charge < -0.3 is 19.9 Å². The zero-order chi connectivity index (χ0) is 24.8. The molecule has 1 amide bonds. The van der Waals surface area contributed by atoms with Crippen LogP contribution in [-0.4, -0.2) is 77.6 Å². The number of hydrogen-bond donors (Lipinski definition) is 1. The molecule has 3 aliphatic rings. The molecule has 2 saturated heterocycles.